The first-order chi connectivity index (χ1) is 14.8. The molecular weight excluding hydrogens is 431 g/mol. The van der Waals surface area contributed by atoms with E-state index in [2.05, 4.69) is 5.32 Å². The number of amides is 2. The molecule has 4 nitrogen and oxygen atoms in total. The van der Waals surface area contributed by atoms with E-state index in [1.54, 1.807) is 30.3 Å². The predicted molar refractivity (Wildman–Crippen MR) is 127 cm³/mol. The number of nitrogens with zero attached hydrogens (tertiary/aromatic N) is 1. The number of benzene rings is 3. The van der Waals surface area contributed by atoms with E-state index in [4.69, 9.17) is 23.2 Å². The summed E-state index contributed by atoms with van der Waals surface area (Å²) >= 11 is 12.3. The minimum Gasteiger partial charge on any atom is -0.350 e. The van der Waals surface area contributed by atoms with Gasteiger partial charge in [-0.25, -0.2) is 4.90 Å². The number of hydrogen-bond acceptors (Lipinski definition) is 3. The molecule has 0 bridgehead atoms. The first kappa shape index (κ1) is 21.2. The van der Waals surface area contributed by atoms with Gasteiger partial charge in [0.05, 0.1) is 11.3 Å². The highest BCUT2D eigenvalue weighted by Crippen LogP contribution is 2.36. The van der Waals surface area contributed by atoms with Crippen LogP contribution in [0.2, 0.25) is 10.0 Å². The molecule has 0 aromatic heterocycles. The van der Waals surface area contributed by atoms with Crippen LogP contribution in [-0.4, -0.2) is 11.8 Å². The Labute approximate surface area is 191 Å². The smallest absolute Gasteiger partial charge is 0.282 e. The number of imide groups is 1. The van der Waals surface area contributed by atoms with Crippen LogP contribution < -0.4 is 10.2 Å². The molecule has 0 saturated carbocycles. The number of anilines is 2. The quantitative estimate of drug-likeness (QED) is 0.473. The van der Waals surface area contributed by atoms with Crippen molar-refractivity contribution in [2.45, 2.75) is 20.8 Å². The second-order valence-corrected chi connectivity index (χ2v) is 8.45. The lowest BCUT2D eigenvalue weighted by Gasteiger charge is -2.18. The fourth-order valence-electron chi connectivity index (χ4n) is 3.54. The summed E-state index contributed by atoms with van der Waals surface area (Å²) in [6.45, 7) is 5.71. The van der Waals surface area contributed by atoms with Crippen molar-refractivity contribution in [3.63, 3.8) is 0 Å². The Bertz CT molecular complexity index is 1250. The molecule has 0 atom stereocenters. The largest absolute Gasteiger partial charge is 0.350 e. The molecule has 2 amide bonds. The first-order valence-electron chi connectivity index (χ1n) is 9.75. The van der Waals surface area contributed by atoms with Gasteiger partial charge in [-0.1, -0.05) is 65.2 Å². The first-order valence-corrected chi connectivity index (χ1v) is 10.5. The summed E-state index contributed by atoms with van der Waals surface area (Å²) in [5.41, 5.74) is 5.04. The molecule has 0 spiro atoms. The van der Waals surface area contributed by atoms with Gasteiger partial charge in [-0.05, 0) is 61.7 Å². The molecule has 6 heteroatoms. The van der Waals surface area contributed by atoms with Crippen LogP contribution >= 0.6 is 23.2 Å². The van der Waals surface area contributed by atoms with Gasteiger partial charge in [-0.2, -0.15) is 0 Å². The van der Waals surface area contributed by atoms with Gasteiger partial charge in [0, 0.05) is 15.7 Å². The van der Waals surface area contributed by atoms with E-state index in [0.717, 1.165) is 16.7 Å². The van der Waals surface area contributed by atoms with Crippen molar-refractivity contribution in [3.05, 3.63) is 98.7 Å². The zero-order valence-electron chi connectivity index (χ0n) is 17.3. The summed E-state index contributed by atoms with van der Waals surface area (Å²) in [6, 6.07) is 18.0. The molecule has 0 radical (unpaired) electrons. The Hall–Kier alpha value is -3.08. The van der Waals surface area contributed by atoms with Gasteiger partial charge in [0.2, 0.25) is 0 Å². The van der Waals surface area contributed by atoms with Crippen LogP contribution in [0.5, 0.6) is 0 Å². The van der Waals surface area contributed by atoms with Crippen molar-refractivity contribution in [1.82, 2.24) is 0 Å². The zero-order valence-corrected chi connectivity index (χ0v) is 18.8. The van der Waals surface area contributed by atoms with Gasteiger partial charge in [0.1, 0.15) is 5.70 Å². The summed E-state index contributed by atoms with van der Waals surface area (Å²) in [7, 11) is 0. The Morgan fingerprint density at radius 3 is 2.03 bits per heavy atom. The van der Waals surface area contributed by atoms with Crippen LogP contribution in [0.3, 0.4) is 0 Å². The van der Waals surface area contributed by atoms with Gasteiger partial charge in [0.15, 0.2) is 0 Å². The Balaban J connectivity index is 1.88. The number of carbonyl (C=O) groups is 2. The molecule has 3 aromatic carbocycles. The van der Waals surface area contributed by atoms with Crippen molar-refractivity contribution >= 4 is 52.0 Å². The molecule has 0 aliphatic carbocycles. The average Bonchev–Trinajstić information content (AvgIpc) is 2.97. The standard InChI is InChI=1S/C25H20Cl2N2O2/c1-14-4-8-17(9-5-14)22-23(28-20-12-18(26)10-6-15(20)2)25(31)29(24(22)30)21-13-19(27)11-7-16(21)3/h4-13,28H,1-3H3. The summed E-state index contributed by atoms with van der Waals surface area (Å²) in [6.07, 6.45) is 0. The van der Waals surface area contributed by atoms with E-state index < -0.39 is 11.8 Å². The Morgan fingerprint density at radius 2 is 1.35 bits per heavy atom. The molecule has 0 fully saturated rings. The van der Waals surface area contributed by atoms with Crippen LogP contribution in [-0.2, 0) is 9.59 Å². The molecule has 1 aliphatic heterocycles. The third-order valence-corrected chi connectivity index (χ3v) is 5.77. The number of nitrogens with one attached hydrogen (secondary N) is 1. The maximum atomic E-state index is 13.6. The minimum absolute atomic E-state index is 0.207. The normalized spacial score (nSPS) is 13.9. The van der Waals surface area contributed by atoms with E-state index >= 15 is 0 Å². The average molecular weight is 451 g/mol. The second-order valence-electron chi connectivity index (χ2n) is 7.58. The lowest BCUT2D eigenvalue weighted by atomic mass is 10.0. The lowest BCUT2D eigenvalue weighted by Crippen LogP contribution is -2.33. The summed E-state index contributed by atoms with van der Waals surface area (Å²) in [5, 5.41) is 4.16. The van der Waals surface area contributed by atoms with Crippen molar-refractivity contribution in [1.29, 1.82) is 0 Å². The van der Waals surface area contributed by atoms with Gasteiger partial charge in [-0.15, -0.1) is 0 Å². The number of rotatable bonds is 4. The molecule has 31 heavy (non-hydrogen) atoms. The maximum Gasteiger partial charge on any atom is 0.282 e. The van der Waals surface area contributed by atoms with Gasteiger partial charge in [-0.3, -0.25) is 9.59 Å². The van der Waals surface area contributed by atoms with Gasteiger partial charge < -0.3 is 5.32 Å². The van der Waals surface area contributed by atoms with Crippen LogP contribution in [0.15, 0.2) is 66.4 Å². The van der Waals surface area contributed by atoms with Crippen molar-refractivity contribution < 1.29 is 9.59 Å². The molecule has 0 unspecified atom stereocenters. The fraction of sp³-hybridized carbons (Fsp3) is 0.120. The number of aryl methyl sites for hydroxylation is 3. The summed E-state index contributed by atoms with van der Waals surface area (Å²) in [5.74, 6) is -0.841. The molecule has 1 N–H and O–H groups in total. The third-order valence-electron chi connectivity index (χ3n) is 5.30. The summed E-state index contributed by atoms with van der Waals surface area (Å²) < 4.78 is 0. The van der Waals surface area contributed by atoms with Crippen LogP contribution in [0.1, 0.15) is 22.3 Å². The molecule has 156 valence electrons. The minimum atomic E-state index is -0.440. The molecule has 3 aromatic rings. The predicted octanol–water partition coefficient (Wildman–Crippen LogP) is 6.32. The van der Waals surface area contributed by atoms with E-state index in [0.29, 0.717) is 32.6 Å². The fourth-order valence-corrected chi connectivity index (χ4v) is 3.88. The molecule has 0 saturated heterocycles. The topological polar surface area (TPSA) is 49.4 Å². The van der Waals surface area contributed by atoms with E-state index in [-0.39, 0.29) is 5.70 Å². The van der Waals surface area contributed by atoms with Crippen LogP contribution in [0.25, 0.3) is 5.57 Å². The molecule has 4 rings (SSSR count). The molecule has 1 heterocycles. The second kappa shape index (κ2) is 8.22. The van der Waals surface area contributed by atoms with Crippen LogP contribution in [0.4, 0.5) is 11.4 Å². The molecule has 1 aliphatic rings. The maximum absolute atomic E-state index is 13.6. The highest BCUT2D eigenvalue weighted by Gasteiger charge is 2.41. The monoisotopic (exact) mass is 450 g/mol. The van der Waals surface area contributed by atoms with Gasteiger partial charge in [0.25, 0.3) is 11.8 Å². The van der Waals surface area contributed by atoms with E-state index in [9.17, 15) is 9.59 Å². The highest BCUT2D eigenvalue weighted by molar-refractivity contribution is 6.46. The zero-order chi connectivity index (χ0) is 22.3. The van der Waals surface area contributed by atoms with Crippen molar-refractivity contribution in [2.24, 2.45) is 0 Å². The SMILES string of the molecule is Cc1ccc(C2=C(Nc3cc(Cl)ccc3C)C(=O)N(c3cc(Cl)ccc3C)C2=O)cc1. The molecular formula is C25H20Cl2N2O2. The lowest BCUT2D eigenvalue weighted by molar-refractivity contribution is -0.120. The highest BCUT2D eigenvalue weighted by atomic mass is 35.5. The van der Waals surface area contributed by atoms with E-state index in [1.807, 2.05) is 51.1 Å². The van der Waals surface area contributed by atoms with Gasteiger partial charge >= 0.3 is 0 Å². The number of hydrogen-bond donors (Lipinski definition) is 1. The number of halogens is 2. The van der Waals surface area contributed by atoms with Crippen LogP contribution in [0, 0.1) is 20.8 Å². The van der Waals surface area contributed by atoms with Crippen molar-refractivity contribution in [2.75, 3.05) is 10.2 Å². The van der Waals surface area contributed by atoms with Crippen molar-refractivity contribution in [3.8, 4) is 0 Å². The third kappa shape index (κ3) is 3.97. The number of carbonyl (C=O) groups excluding carboxylic acids is 2. The summed E-state index contributed by atoms with van der Waals surface area (Å²) in [4.78, 5) is 28.3. The Kier molecular flexibility index (Phi) is 5.61. The Morgan fingerprint density at radius 1 is 0.742 bits per heavy atom. The van der Waals surface area contributed by atoms with E-state index in [1.165, 1.54) is 4.90 Å².